The molecule has 0 heterocycles. The van der Waals surface area contributed by atoms with Crippen molar-refractivity contribution in [1.29, 1.82) is 0 Å². The van der Waals surface area contributed by atoms with Crippen LogP contribution in [0.2, 0.25) is 0 Å². The van der Waals surface area contributed by atoms with Crippen LogP contribution in [0.15, 0.2) is 23.3 Å². The van der Waals surface area contributed by atoms with E-state index in [0.717, 1.165) is 12.8 Å². The number of allylic oxidation sites excluding steroid dienone is 3. The summed E-state index contributed by atoms with van der Waals surface area (Å²) >= 11 is 7.65. The molecule has 0 N–H and O–H groups in total. The largest absolute Gasteiger partial charge is 0.158 e. The molecule has 0 amide bonds. The van der Waals surface area contributed by atoms with Crippen molar-refractivity contribution in [2.45, 2.75) is 40.0 Å². The second-order valence-corrected chi connectivity index (χ2v) is 5.26. The van der Waals surface area contributed by atoms with Crippen molar-refractivity contribution in [2.24, 2.45) is 0 Å². The van der Waals surface area contributed by atoms with E-state index in [0.29, 0.717) is 5.88 Å². The van der Waals surface area contributed by atoms with Crippen molar-refractivity contribution in [2.75, 3.05) is 17.4 Å². The van der Waals surface area contributed by atoms with Gasteiger partial charge in [-0.1, -0.05) is 30.2 Å². The second-order valence-electron chi connectivity index (χ2n) is 3.85. The zero-order chi connectivity index (χ0) is 11.5. The third kappa shape index (κ3) is 10.4. The zero-order valence-corrected chi connectivity index (χ0v) is 11.8. The molecule has 0 spiro atoms. The molecule has 88 valence electrons. The molecule has 0 atom stereocenters. The third-order valence-corrected chi connectivity index (χ3v) is 3.65. The molecule has 0 unspecified atom stereocenters. The van der Waals surface area contributed by atoms with Crippen LogP contribution in [0, 0.1) is 0 Å². The van der Waals surface area contributed by atoms with Gasteiger partial charge in [0.15, 0.2) is 0 Å². The van der Waals surface area contributed by atoms with Gasteiger partial charge in [-0.25, -0.2) is 0 Å². The van der Waals surface area contributed by atoms with E-state index in [1.807, 2.05) is 11.8 Å². The van der Waals surface area contributed by atoms with Crippen LogP contribution in [0.1, 0.15) is 40.0 Å². The molecule has 0 bridgehead atoms. The molecular formula is C13H23ClS. The summed E-state index contributed by atoms with van der Waals surface area (Å²) in [5.74, 6) is 3.10. The topological polar surface area (TPSA) is 0 Å². The van der Waals surface area contributed by atoms with Crippen LogP contribution in [-0.2, 0) is 0 Å². The molecule has 0 saturated carbocycles. The summed E-state index contributed by atoms with van der Waals surface area (Å²) in [7, 11) is 0. The van der Waals surface area contributed by atoms with Crippen molar-refractivity contribution in [3.05, 3.63) is 23.3 Å². The molecule has 0 aliphatic carbocycles. The number of rotatable bonds is 8. The van der Waals surface area contributed by atoms with E-state index in [2.05, 4.69) is 32.9 Å². The quantitative estimate of drug-likeness (QED) is 0.328. The lowest BCUT2D eigenvalue weighted by Crippen LogP contribution is -1.85. The van der Waals surface area contributed by atoms with E-state index in [9.17, 15) is 0 Å². The number of hydrogen-bond donors (Lipinski definition) is 0. The first kappa shape index (κ1) is 15.1. The molecule has 0 radical (unpaired) electrons. The van der Waals surface area contributed by atoms with Gasteiger partial charge in [0, 0.05) is 11.6 Å². The molecule has 0 nitrogen and oxygen atoms in total. The van der Waals surface area contributed by atoms with Crippen LogP contribution < -0.4 is 0 Å². The van der Waals surface area contributed by atoms with Gasteiger partial charge in [-0.2, -0.15) is 11.8 Å². The van der Waals surface area contributed by atoms with Gasteiger partial charge in [-0.15, -0.1) is 11.6 Å². The van der Waals surface area contributed by atoms with Gasteiger partial charge in [0.05, 0.1) is 0 Å². The fourth-order valence-electron chi connectivity index (χ4n) is 1.22. The predicted octanol–water partition coefficient (Wildman–Crippen LogP) is 5.04. The average Bonchev–Trinajstić information content (AvgIpc) is 2.18. The second kappa shape index (κ2) is 10.6. The molecule has 0 aromatic carbocycles. The van der Waals surface area contributed by atoms with Crippen molar-refractivity contribution in [3.63, 3.8) is 0 Å². The summed E-state index contributed by atoms with van der Waals surface area (Å²) in [6, 6.07) is 0. The number of thioether (sulfide) groups is 1. The lowest BCUT2D eigenvalue weighted by molar-refractivity contribution is 0.964. The van der Waals surface area contributed by atoms with Crippen LogP contribution in [0.3, 0.4) is 0 Å². The van der Waals surface area contributed by atoms with Crippen molar-refractivity contribution < 1.29 is 0 Å². The molecule has 0 rings (SSSR count). The maximum Gasteiger partial charge on any atom is 0.0406 e. The molecule has 0 aliphatic rings. The fraction of sp³-hybridized carbons (Fsp3) is 0.692. The maximum absolute atomic E-state index is 5.63. The highest BCUT2D eigenvalue weighted by Crippen LogP contribution is 2.11. The van der Waals surface area contributed by atoms with Gasteiger partial charge < -0.3 is 0 Å². The summed E-state index contributed by atoms with van der Waals surface area (Å²) < 4.78 is 0. The van der Waals surface area contributed by atoms with E-state index in [1.54, 1.807) is 0 Å². The van der Waals surface area contributed by atoms with Gasteiger partial charge in [0.25, 0.3) is 0 Å². The van der Waals surface area contributed by atoms with Crippen molar-refractivity contribution in [1.82, 2.24) is 0 Å². The highest BCUT2D eigenvalue weighted by atomic mass is 35.5. The van der Waals surface area contributed by atoms with Crippen molar-refractivity contribution in [3.8, 4) is 0 Å². The van der Waals surface area contributed by atoms with E-state index in [1.165, 1.54) is 29.1 Å². The Kier molecular flexibility index (Phi) is 10.7. The Morgan fingerprint density at radius 1 is 1.20 bits per heavy atom. The summed E-state index contributed by atoms with van der Waals surface area (Å²) in [4.78, 5) is 0. The first-order valence-corrected chi connectivity index (χ1v) is 7.34. The standard InChI is InChI=1S/C13H23ClS/c1-4-10-15-11-13(3)7-5-6-12(2)8-9-14/h7-8H,4-6,9-11H2,1-3H3/b12-8+,13-7+. The molecule has 0 fully saturated rings. The highest BCUT2D eigenvalue weighted by Gasteiger charge is 1.92. The number of alkyl halides is 1. The lowest BCUT2D eigenvalue weighted by Gasteiger charge is -2.01. The van der Waals surface area contributed by atoms with Gasteiger partial charge >= 0.3 is 0 Å². The van der Waals surface area contributed by atoms with Gasteiger partial charge in [-0.3, -0.25) is 0 Å². The molecule has 2 heteroatoms. The van der Waals surface area contributed by atoms with Crippen LogP contribution >= 0.6 is 23.4 Å². The van der Waals surface area contributed by atoms with E-state index in [4.69, 9.17) is 11.6 Å². The normalized spacial score (nSPS) is 13.3. The monoisotopic (exact) mass is 246 g/mol. The maximum atomic E-state index is 5.63. The molecule has 0 saturated heterocycles. The average molecular weight is 247 g/mol. The first-order valence-electron chi connectivity index (χ1n) is 5.65. The molecule has 0 aliphatic heterocycles. The Balaban J connectivity index is 3.62. The number of hydrogen-bond acceptors (Lipinski definition) is 1. The van der Waals surface area contributed by atoms with E-state index < -0.39 is 0 Å². The minimum Gasteiger partial charge on any atom is -0.158 e. The zero-order valence-electron chi connectivity index (χ0n) is 10.2. The Bertz CT molecular complexity index is 207. The van der Waals surface area contributed by atoms with Crippen LogP contribution in [0.5, 0.6) is 0 Å². The first-order chi connectivity index (χ1) is 7.20. The Morgan fingerprint density at radius 2 is 1.93 bits per heavy atom. The predicted molar refractivity (Wildman–Crippen MR) is 75.1 cm³/mol. The van der Waals surface area contributed by atoms with Crippen molar-refractivity contribution >= 4 is 23.4 Å². The molecular weight excluding hydrogens is 224 g/mol. The van der Waals surface area contributed by atoms with Gasteiger partial charge in [0.1, 0.15) is 0 Å². The number of halogens is 1. The minimum atomic E-state index is 0.640. The summed E-state index contributed by atoms with van der Waals surface area (Å²) in [6.07, 6.45) is 8.01. The third-order valence-electron chi connectivity index (χ3n) is 2.14. The fourth-order valence-corrected chi connectivity index (χ4v) is 2.35. The summed E-state index contributed by atoms with van der Waals surface area (Å²) in [5, 5.41) is 0. The molecule has 0 aromatic heterocycles. The van der Waals surface area contributed by atoms with Crippen LogP contribution in [0.25, 0.3) is 0 Å². The van der Waals surface area contributed by atoms with Crippen LogP contribution in [-0.4, -0.2) is 17.4 Å². The van der Waals surface area contributed by atoms with Gasteiger partial charge in [-0.05, 0) is 38.9 Å². The molecule has 15 heavy (non-hydrogen) atoms. The van der Waals surface area contributed by atoms with Crippen LogP contribution in [0.4, 0.5) is 0 Å². The molecule has 0 aromatic rings. The Hall–Kier alpha value is 0.120. The SMILES string of the molecule is CCCSC/C(C)=C/CC/C(C)=C/CCl. The minimum absolute atomic E-state index is 0.640. The van der Waals surface area contributed by atoms with E-state index >= 15 is 0 Å². The summed E-state index contributed by atoms with van der Waals surface area (Å²) in [5.41, 5.74) is 2.90. The summed E-state index contributed by atoms with van der Waals surface area (Å²) in [6.45, 7) is 6.60. The Labute approximate surface area is 104 Å². The Morgan fingerprint density at radius 3 is 2.53 bits per heavy atom. The smallest absolute Gasteiger partial charge is 0.0406 e. The highest BCUT2D eigenvalue weighted by molar-refractivity contribution is 7.99. The van der Waals surface area contributed by atoms with Gasteiger partial charge in [0.2, 0.25) is 0 Å². The van der Waals surface area contributed by atoms with E-state index in [-0.39, 0.29) is 0 Å². The lowest BCUT2D eigenvalue weighted by atomic mass is 10.1.